The van der Waals surface area contributed by atoms with E-state index in [4.69, 9.17) is 4.74 Å². The molecule has 0 bridgehead atoms. The maximum Gasteiger partial charge on any atom is 0.262 e. The van der Waals surface area contributed by atoms with E-state index in [1.807, 2.05) is 13.8 Å². The lowest BCUT2D eigenvalue weighted by molar-refractivity contribution is 0.0118. The molecule has 3 rings (SSSR count). The van der Waals surface area contributed by atoms with Gasteiger partial charge in [0.2, 0.25) is 0 Å². The Morgan fingerprint density at radius 2 is 1.46 bits per heavy atom. The maximum atomic E-state index is 12.6. The molecule has 0 aromatic heterocycles. The van der Waals surface area contributed by atoms with Gasteiger partial charge in [0, 0.05) is 0 Å². The van der Waals surface area contributed by atoms with Crippen molar-refractivity contribution in [1.29, 1.82) is 0 Å². The normalized spacial score (nSPS) is 14.3. The number of hydrogen-bond acceptors (Lipinski definition) is 3. The number of fused-ring (bicyclic) bond motifs is 1. The summed E-state index contributed by atoms with van der Waals surface area (Å²) in [6.45, 7) is 8.77. The SMILES string of the molecule is CC(C)c1ccc(COCC(C)(C)N2C(=O)c3ccccc3C2=O)cc1. The van der Waals surface area contributed by atoms with Gasteiger partial charge in [0.1, 0.15) is 0 Å². The van der Waals surface area contributed by atoms with Crippen LogP contribution in [-0.4, -0.2) is 28.9 Å². The van der Waals surface area contributed by atoms with E-state index in [0.29, 0.717) is 23.7 Å². The van der Waals surface area contributed by atoms with Crippen LogP contribution in [0.2, 0.25) is 0 Å². The summed E-state index contributed by atoms with van der Waals surface area (Å²) in [6.07, 6.45) is 0. The van der Waals surface area contributed by atoms with Gasteiger partial charge in [-0.25, -0.2) is 0 Å². The molecule has 0 aliphatic carbocycles. The van der Waals surface area contributed by atoms with Gasteiger partial charge in [-0.1, -0.05) is 50.2 Å². The van der Waals surface area contributed by atoms with E-state index < -0.39 is 5.54 Å². The highest BCUT2D eigenvalue weighted by Gasteiger charge is 2.43. The van der Waals surface area contributed by atoms with Crippen LogP contribution >= 0.6 is 0 Å². The summed E-state index contributed by atoms with van der Waals surface area (Å²) in [6, 6.07) is 15.3. The van der Waals surface area contributed by atoms with Crippen LogP contribution in [0, 0.1) is 0 Å². The van der Waals surface area contributed by atoms with E-state index in [2.05, 4.69) is 38.1 Å². The fourth-order valence-corrected chi connectivity index (χ4v) is 3.22. The highest BCUT2D eigenvalue weighted by molar-refractivity contribution is 6.21. The third kappa shape index (κ3) is 3.42. The molecule has 136 valence electrons. The monoisotopic (exact) mass is 351 g/mol. The van der Waals surface area contributed by atoms with Crippen LogP contribution in [0.4, 0.5) is 0 Å². The van der Waals surface area contributed by atoms with Crippen LogP contribution in [-0.2, 0) is 11.3 Å². The summed E-state index contributed by atoms with van der Waals surface area (Å²) < 4.78 is 5.85. The number of carbonyl (C=O) groups is 2. The highest BCUT2D eigenvalue weighted by Crippen LogP contribution is 2.29. The second kappa shape index (κ2) is 7.04. The van der Waals surface area contributed by atoms with Crippen molar-refractivity contribution in [2.75, 3.05) is 6.61 Å². The smallest absolute Gasteiger partial charge is 0.262 e. The number of nitrogens with zero attached hydrogens (tertiary/aromatic N) is 1. The van der Waals surface area contributed by atoms with Gasteiger partial charge in [-0.15, -0.1) is 0 Å². The first-order valence-electron chi connectivity index (χ1n) is 8.96. The summed E-state index contributed by atoms with van der Waals surface area (Å²) >= 11 is 0. The zero-order valence-corrected chi connectivity index (χ0v) is 15.8. The fourth-order valence-electron chi connectivity index (χ4n) is 3.22. The second-order valence-corrected chi connectivity index (χ2v) is 7.69. The minimum Gasteiger partial charge on any atom is -0.374 e. The molecule has 1 aliphatic heterocycles. The number of carbonyl (C=O) groups excluding carboxylic acids is 2. The Labute approximate surface area is 154 Å². The summed E-state index contributed by atoms with van der Waals surface area (Å²) in [7, 11) is 0. The van der Waals surface area contributed by atoms with Crippen molar-refractivity contribution < 1.29 is 14.3 Å². The van der Waals surface area contributed by atoms with Gasteiger partial charge >= 0.3 is 0 Å². The van der Waals surface area contributed by atoms with E-state index >= 15 is 0 Å². The third-order valence-electron chi connectivity index (χ3n) is 4.77. The van der Waals surface area contributed by atoms with E-state index in [1.165, 1.54) is 10.5 Å². The highest BCUT2D eigenvalue weighted by atomic mass is 16.5. The third-order valence-corrected chi connectivity index (χ3v) is 4.77. The average Bonchev–Trinajstić information content (AvgIpc) is 2.87. The predicted octanol–water partition coefficient (Wildman–Crippen LogP) is 4.40. The van der Waals surface area contributed by atoms with Crippen molar-refractivity contribution >= 4 is 11.8 Å². The van der Waals surface area contributed by atoms with Gasteiger partial charge in [-0.2, -0.15) is 0 Å². The first kappa shape index (κ1) is 18.3. The first-order valence-corrected chi connectivity index (χ1v) is 8.96. The van der Waals surface area contributed by atoms with Gasteiger partial charge in [0.15, 0.2) is 0 Å². The van der Waals surface area contributed by atoms with E-state index in [1.54, 1.807) is 24.3 Å². The van der Waals surface area contributed by atoms with Gasteiger partial charge in [-0.3, -0.25) is 14.5 Å². The maximum absolute atomic E-state index is 12.6. The van der Waals surface area contributed by atoms with Crippen molar-refractivity contribution in [2.24, 2.45) is 0 Å². The lowest BCUT2D eigenvalue weighted by Crippen LogP contribution is -2.50. The number of ether oxygens (including phenoxy) is 1. The zero-order chi connectivity index (χ0) is 18.9. The minimum absolute atomic E-state index is 0.250. The summed E-state index contributed by atoms with van der Waals surface area (Å²) in [5, 5.41) is 0. The van der Waals surface area contributed by atoms with Gasteiger partial charge in [-0.05, 0) is 43.0 Å². The van der Waals surface area contributed by atoms with Crippen molar-refractivity contribution in [3.05, 3.63) is 70.8 Å². The molecule has 2 amide bonds. The lowest BCUT2D eigenvalue weighted by Gasteiger charge is -2.33. The molecule has 0 radical (unpaired) electrons. The number of imide groups is 1. The molecular formula is C22H25NO3. The molecule has 0 fully saturated rings. The lowest BCUT2D eigenvalue weighted by atomic mass is 10.0. The second-order valence-electron chi connectivity index (χ2n) is 7.69. The average molecular weight is 351 g/mol. The minimum atomic E-state index is -0.717. The van der Waals surface area contributed by atoms with Crippen LogP contribution in [0.3, 0.4) is 0 Å². The Morgan fingerprint density at radius 1 is 0.923 bits per heavy atom. The molecule has 4 nitrogen and oxygen atoms in total. The summed E-state index contributed by atoms with van der Waals surface area (Å²) in [4.78, 5) is 26.6. The number of benzene rings is 2. The molecule has 2 aromatic carbocycles. The van der Waals surface area contributed by atoms with Crippen molar-refractivity contribution in [3.63, 3.8) is 0 Å². The van der Waals surface area contributed by atoms with Crippen molar-refractivity contribution in [1.82, 2.24) is 4.90 Å². The number of rotatable bonds is 6. The quantitative estimate of drug-likeness (QED) is 0.725. The molecule has 0 N–H and O–H groups in total. The largest absolute Gasteiger partial charge is 0.374 e. The standard InChI is InChI=1S/C22H25NO3/c1-15(2)17-11-9-16(10-12-17)13-26-14-22(3,4)23-20(24)18-7-5-6-8-19(18)21(23)25/h5-12,15H,13-14H2,1-4H3. The molecule has 1 heterocycles. The van der Waals surface area contributed by atoms with E-state index in [-0.39, 0.29) is 18.4 Å². The first-order chi connectivity index (χ1) is 12.3. The summed E-state index contributed by atoms with van der Waals surface area (Å²) in [5.74, 6) is -0.00121. The molecule has 4 heteroatoms. The predicted molar refractivity (Wildman–Crippen MR) is 101 cm³/mol. The van der Waals surface area contributed by atoms with Gasteiger partial charge in [0.25, 0.3) is 11.8 Å². The molecule has 0 saturated carbocycles. The van der Waals surface area contributed by atoms with E-state index in [9.17, 15) is 9.59 Å². The molecule has 26 heavy (non-hydrogen) atoms. The Balaban J connectivity index is 1.64. The number of hydrogen-bond donors (Lipinski definition) is 0. The number of amides is 2. The Bertz CT molecular complexity index is 787. The molecule has 0 atom stereocenters. The molecule has 0 spiro atoms. The van der Waals surface area contributed by atoms with Gasteiger partial charge < -0.3 is 4.74 Å². The van der Waals surface area contributed by atoms with Crippen LogP contribution < -0.4 is 0 Å². The van der Waals surface area contributed by atoms with Crippen LogP contribution in [0.5, 0.6) is 0 Å². The fraction of sp³-hybridized carbons (Fsp3) is 0.364. The topological polar surface area (TPSA) is 46.6 Å². The van der Waals surface area contributed by atoms with Crippen LogP contribution in [0.25, 0.3) is 0 Å². The Kier molecular flexibility index (Phi) is 4.97. The molecule has 0 unspecified atom stereocenters. The van der Waals surface area contributed by atoms with Crippen molar-refractivity contribution in [3.8, 4) is 0 Å². The zero-order valence-electron chi connectivity index (χ0n) is 15.8. The van der Waals surface area contributed by atoms with Crippen molar-refractivity contribution in [2.45, 2.75) is 45.8 Å². The Hall–Kier alpha value is -2.46. The molecular weight excluding hydrogens is 326 g/mol. The molecule has 2 aromatic rings. The van der Waals surface area contributed by atoms with Crippen LogP contribution in [0.15, 0.2) is 48.5 Å². The van der Waals surface area contributed by atoms with Crippen LogP contribution in [0.1, 0.15) is 65.5 Å². The Morgan fingerprint density at radius 3 is 1.96 bits per heavy atom. The molecule has 0 saturated heterocycles. The van der Waals surface area contributed by atoms with Gasteiger partial charge in [0.05, 0.1) is 29.9 Å². The van der Waals surface area contributed by atoms with E-state index in [0.717, 1.165) is 5.56 Å². The molecule has 1 aliphatic rings. The summed E-state index contributed by atoms with van der Waals surface area (Å²) in [5.41, 5.74) is 2.59.